The molecule has 3 heterocycles. The number of rotatable bonds is 10. The van der Waals surface area contributed by atoms with E-state index < -0.39 is 29.6 Å². The lowest BCUT2D eigenvalue weighted by molar-refractivity contribution is -0.141. The number of methoxy groups -OCH3 is 1. The van der Waals surface area contributed by atoms with Crippen LogP contribution in [0.2, 0.25) is 0 Å². The zero-order valence-corrected chi connectivity index (χ0v) is 22.5. The van der Waals surface area contributed by atoms with E-state index in [9.17, 15) is 14.4 Å². The molecule has 9 nitrogen and oxygen atoms in total. The Morgan fingerprint density at radius 3 is 2.71 bits per heavy atom. The number of hydrogen-bond donors (Lipinski definition) is 2. The summed E-state index contributed by atoms with van der Waals surface area (Å²) in [5, 5.41) is 6.15. The highest BCUT2D eigenvalue weighted by molar-refractivity contribution is 6.02. The van der Waals surface area contributed by atoms with Crippen LogP contribution in [0.5, 0.6) is 5.75 Å². The normalized spacial score (nSPS) is 30.1. The highest BCUT2D eigenvalue weighted by Gasteiger charge is 2.72. The maximum absolute atomic E-state index is 14.0. The smallest absolute Gasteiger partial charge is 0.246 e. The van der Waals surface area contributed by atoms with Crippen molar-refractivity contribution in [3.63, 3.8) is 0 Å². The predicted octanol–water partition coefficient (Wildman–Crippen LogP) is 3.05. The Labute approximate surface area is 224 Å². The van der Waals surface area contributed by atoms with Gasteiger partial charge < -0.3 is 29.7 Å². The van der Waals surface area contributed by atoms with Gasteiger partial charge in [-0.15, -0.1) is 0 Å². The van der Waals surface area contributed by atoms with Gasteiger partial charge in [-0.1, -0.05) is 37.5 Å². The van der Waals surface area contributed by atoms with Crippen LogP contribution in [0.15, 0.2) is 36.4 Å². The van der Waals surface area contributed by atoms with Gasteiger partial charge in [0.25, 0.3) is 0 Å². The number of ether oxygens (including phenoxy) is 3. The summed E-state index contributed by atoms with van der Waals surface area (Å²) in [6.45, 7) is 4.77. The maximum atomic E-state index is 14.0. The number of nitrogens with zero attached hydrogens (tertiary/aromatic N) is 1. The Morgan fingerprint density at radius 2 is 1.97 bits per heavy atom. The van der Waals surface area contributed by atoms with Gasteiger partial charge in [0.2, 0.25) is 17.7 Å². The monoisotopic (exact) mass is 525 g/mol. The molecule has 2 N–H and O–H groups in total. The molecule has 1 aromatic rings. The van der Waals surface area contributed by atoms with Crippen LogP contribution in [0.1, 0.15) is 52.4 Å². The first kappa shape index (κ1) is 26.7. The molecule has 1 aromatic carbocycles. The molecule has 5 rings (SSSR count). The van der Waals surface area contributed by atoms with Crippen LogP contribution in [0.3, 0.4) is 0 Å². The number of benzene rings is 1. The molecule has 38 heavy (non-hydrogen) atoms. The second-order valence-corrected chi connectivity index (χ2v) is 11.1. The molecular weight excluding hydrogens is 486 g/mol. The lowest BCUT2D eigenvalue weighted by Crippen LogP contribution is -2.56. The standard InChI is InChI=1S/C29H39N3O6/c1-18(2)37-16-8-15-32-25(27(34)30-19-9-5-4-6-10-19)29-14-13-22(38-29)23(24(29)28(32)35)26(33)31-20-11-7-12-21(17-20)36-3/h7,11-14,17-19,22-25H,4-6,8-10,15-16H2,1-3H3,(H,30,34)(H,31,33)/t22-,23?,24-,25?,29?/m1/s1. The summed E-state index contributed by atoms with van der Waals surface area (Å²) in [5.41, 5.74) is -0.578. The van der Waals surface area contributed by atoms with E-state index in [2.05, 4.69) is 10.6 Å². The molecule has 9 heteroatoms. The van der Waals surface area contributed by atoms with E-state index in [-0.39, 0.29) is 29.9 Å². The predicted molar refractivity (Wildman–Crippen MR) is 142 cm³/mol. The van der Waals surface area contributed by atoms with Gasteiger partial charge in [0.1, 0.15) is 17.4 Å². The molecule has 2 bridgehead atoms. The van der Waals surface area contributed by atoms with Crippen LogP contribution < -0.4 is 15.4 Å². The van der Waals surface area contributed by atoms with Crippen molar-refractivity contribution in [2.24, 2.45) is 11.8 Å². The third kappa shape index (κ3) is 4.94. The van der Waals surface area contributed by atoms with Gasteiger partial charge in [-0.05, 0) is 45.2 Å². The Balaban J connectivity index is 1.39. The van der Waals surface area contributed by atoms with E-state index in [0.717, 1.165) is 25.7 Å². The van der Waals surface area contributed by atoms with Crippen molar-refractivity contribution in [2.75, 3.05) is 25.6 Å². The van der Waals surface area contributed by atoms with Gasteiger partial charge in [0, 0.05) is 30.9 Å². The van der Waals surface area contributed by atoms with E-state index in [4.69, 9.17) is 14.2 Å². The van der Waals surface area contributed by atoms with Crippen LogP contribution in [-0.4, -0.2) is 72.8 Å². The SMILES string of the molecule is COc1cccc(NC(=O)C2[C@H]3C=CC4(O3)C(C(=O)NC3CCCCC3)N(CCCOC(C)C)C(=O)[C@@H]24)c1. The van der Waals surface area contributed by atoms with Gasteiger partial charge in [-0.2, -0.15) is 0 Å². The molecule has 4 aliphatic rings. The van der Waals surface area contributed by atoms with Crippen LogP contribution >= 0.6 is 0 Å². The van der Waals surface area contributed by atoms with Crippen molar-refractivity contribution in [3.05, 3.63) is 36.4 Å². The summed E-state index contributed by atoms with van der Waals surface area (Å²) in [6, 6.07) is 6.37. The quantitative estimate of drug-likeness (QED) is 0.359. The summed E-state index contributed by atoms with van der Waals surface area (Å²) < 4.78 is 17.4. The van der Waals surface area contributed by atoms with Crippen molar-refractivity contribution < 1.29 is 28.6 Å². The molecule has 0 radical (unpaired) electrons. The number of amides is 3. The highest BCUT2D eigenvalue weighted by Crippen LogP contribution is 2.55. The lowest BCUT2D eigenvalue weighted by Gasteiger charge is -2.34. The Hall–Kier alpha value is -2.91. The molecule has 2 saturated heterocycles. The van der Waals surface area contributed by atoms with E-state index in [1.54, 1.807) is 36.3 Å². The number of nitrogens with one attached hydrogen (secondary N) is 2. The first-order valence-electron chi connectivity index (χ1n) is 13.9. The zero-order valence-electron chi connectivity index (χ0n) is 22.5. The van der Waals surface area contributed by atoms with Crippen molar-refractivity contribution in [3.8, 4) is 5.75 Å². The molecular formula is C29H39N3O6. The first-order chi connectivity index (χ1) is 18.3. The van der Waals surface area contributed by atoms with E-state index in [1.165, 1.54) is 6.42 Å². The lowest BCUT2D eigenvalue weighted by atomic mass is 9.74. The van der Waals surface area contributed by atoms with Crippen LogP contribution in [0, 0.1) is 11.8 Å². The number of carbonyl (C=O) groups excluding carboxylic acids is 3. The fourth-order valence-electron chi connectivity index (χ4n) is 6.52. The summed E-state index contributed by atoms with van der Waals surface area (Å²) in [6.07, 6.45) is 9.04. The van der Waals surface area contributed by atoms with Gasteiger partial charge in [0.15, 0.2) is 0 Å². The van der Waals surface area contributed by atoms with E-state index in [0.29, 0.717) is 31.0 Å². The largest absolute Gasteiger partial charge is 0.497 e. The van der Waals surface area contributed by atoms with Gasteiger partial charge in [-0.3, -0.25) is 14.4 Å². The molecule has 3 fully saturated rings. The van der Waals surface area contributed by atoms with Gasteiger partial charge in [0.05, 0.1) is 31.2 Å². The molecule has 5 atom stereocenters. The van der Waals surface area contributed by atoms with Gasteiger partial charge >= 0.3 is 0 Å². The molecule has 3 amide bonds. The maximum Gasteiger partial charge on any atom is 0.246 e. The number of anilines is 1. The molecule has 206 valence electrons. The van der Waals surface area contributed by atoms with Crippen molar-refractivity contribution in [2.45, 2.75) is 82.3 Å². The summed E-state index contributed by atoms with van der Waals surface area (Å²) in [4.78, 5) is 43.0. The van der Waals surface area contributed by atoms with Crippen LogP contribution in [-0.2, 0) is 23.9 Å². The Bertz CT molecular complexity index is 1080. The van der Waals surface area contributed by atoms with Gasteiger partial charge in [-0.25, -0.2) is 0 Å². The van der Waals surface area contributed by atoms with Crippen molar-refractivity contribution >= 4 is 23.4 Å². The minimum absolute atomic E-state index is 0.0826. The Morgan fingerprint density at radius 1 is 1.18 bits per heavy atom. The summed E-state index contributed by atoms with van der Waals surface area (Å²) >= 11 is 0. The zero-order chi connectivity index (χ0) is 26.9. The first-order valence-corrected chi connectivity index (χ1v) is 13.9. The third-order valence-electron chi connectivity index (χ3n) is 8.21. The van der Waals surface area contributed by atoms with Crippen molar-refractivity contribution in [1.82, 2.24) is 10.2 Å². The average Bonchev–Trinajstić information content (AvgIpc) is 3.54. The number of hydrogen-bond acceptors (Lipinski definition) is 6. The summed E-state index contributed by atoms with van der Waals surface area (Å²) in [5.74, 6) is -1.59. The molecule has 1 saturated carbocycles. The topological polar surface area (TPSA) is 106 Å². The second-order valence-electron chi connectivity index (χ2n) is 11.1. The average molecular weight is 526 g/mol. The van der Waals surface area contributed by atoms with Crippen molar-refractivity contribution in [1.29, 1.82) is 0 Å². The summed E-state index contributed by atoms with van der Waals surface area (Å²) in [7, 11) is 1.57. The van der Waals surface area contributed by atoms with Crippen LogP contribution in [0.25, 0.3) is 0 Å². The fourth-order valence-corrected chi connectivity index (χ4v) is 6.52. The molecule has 3 unspecified atom stereocenters. The highest BCUT2D eigenvalue weighted by atomic mass is 16.5. The Kier molecular flexibility index (Phi) is 7.77. The number of likely N-dealkylation sites (tertiary alicyclic amines) is 1. The van der Waals surface area contributed by atoms with E-state index >= 15 is 0 Å². The molecule has 1 spiro atoms. The fraction of sp³-hybridized carbons (Fsp3) is 0.621. The number of fused-ring (bicyclic) bond motifs is 1. The number of carbonyl (C=O) groups is 3. The second kappa shape index (κ2) is 11.1. The molecule has 0 aromatic heterocycles. The van der Waals surface area contributed by atoms with Crippen LogP contribution in [0.4, 0.5) is 5.69 Å². The minimum Gasteiger partial charge on any atom is -0.497 e. The third-order valence-corrected chi connectivity index (χ3v) is 8.21. The molecule has 1 aliphatic carbocycles. The minimum atomic E-state index is -1.16. The van der Waals surface area contributed by atoms with E-state index in [1.807, 2.05) is 26.0 Å². The molecule has 3 aliphatic heterocycles.